The minimum atomic E-state index is -0.361. The van der Waals surface area contributed by atoms with Crippen LogP contribution >= 0.6 is 0 Å². The lowest BCUT2D eigenvalue weighted by atomic mass is 9.48. The third kappa shape index (κ3) is 5.39. The highest BCUT2D eigenvalue weighted by Crippen LogP contribution is 2.62. The van der Waals surface area contributed by atoms with Crippen LogP contribution in [0.25, 0.3) is 21.9 Å². The van der Waals surface area contributed by atoms with Crippen molar-refractivity contribution in [2.75, 3.05) is 19.2 Å². The number of methoxy groups -OCH3 is 1. The zero-order chi connectivity index (χ0) is 29.6. The Bertz CT molecular complexity index is 1600. The first kappa shape index (κ1) is 27.9. The quantitative estimate of drug-likeness (QED) is 0.196. The summed E-state index contributed by atoms with van der Waals surface area (Å²) in [5.74, 6) is 3.23. The predicted octanol–water partition coefficient (Wildman–Crippen LogP) is 8.28. The minimum Gasteiger partial charge on any atom is -0.508 e. The van der Waals surface area contributed by atoms with E-state index in [0.717, 1.165) is 51.1 Å². The van der Waals surface area contributed by atoms with Gasteiger partial charge in [-0.05, 0) is 127 Å². The predicted molar refractivity (Wildman–Crippen MR) is 168 cm³/mol. The third-order valence-electron chi connectivity index (χ3n) is 10.0. The lowest BCUT2D eigenvalue weighted by Gasteiger charge is -2.57. The molecule has 43 heavy (non-hydrogen) atoms. The van der Waals surface area contributed by atoms with Crippen LogP contribution in [0.3, 0.4) is 0 Å². The summed E-state index contributed by atoms with van der Waals surface area (Å²) >= 11 is 0. The van der Waals surface area contributed by atoms with Crippen LogP contribution < -0.4 is 10.1 Å². The molecule has 0 aromatic heterocycles. The van der Waals surface area contributed by atoms with Crippen LogP contribution in [0.4, 0.5) is 5.69 Å². The molecule has 8 rings (SSSR count). The number of benzene rings is 4. The Balaban J connectivity index is 1.38. The number of fused-ring (bicyclic) bond motifs is 1. The Hall–Kier alpha value is -3.87. The average molecular weight is 578 g/mol. The number of amides is 1. The standard InChI is InChI=1S/C37H39NO5/c1-23(41-2)42-22-43-34-17-29-10-13-33(38-36(40)28-6-4-3-5-7-28)35(27-8-11-30(39)12-9-27)31(29)18-32(34)37-19-24-14-25(20-37)16-26(15-24)21-37/h3-13,17-18,23-26,39H,14-16,19-22H2,1-2H3,(H,38,40). The maximum absolute atomic E-state index is 13.3. The van der Waals surface area contributed by atoms with Gasteiger partial charge in [-0.2, -0.15) is 0 Å². The zero-order valence-electron chi connectivity index (χ0n) is 24.8. The molecule has 0 spiro atoms. The summed E-state index contributed by atoms with van der Waals surface area (Å²) < 4.78 is 17.5. The molecule has 0 aliphatic heterocycles. The molecule has 6 nitrogen and oxygen atoms in total. The van der Waals surface area contributed by atoms with Gasteiger partial charge in [0.1, 0.15) is 11.5 Å². The van der Waals surface area contributed by atoms with Crippen molar-refractivity contribution in [1.29, 1.82) is 0 Å². The molecule has 4 saturated carbocycles. The van der Waals surface area contributed by atoms with Gasteiger partial charge in [-0.25, -0.2) is 0 Å². The van der Waals surface area contributed by atoms with Gasteiger partial charge in [-0.1, -0.05) is 36.4 Å². The van der Waals surface area contributed by atoms with Crippen LogP contribution in [0.5, 0.6) is 11.5 Å². The average Bonchev–Trinajstić information content (AvgIpc) is 3.01. The van der Waals surface area contributed by atoms with Crippen LogP contribution in [-0.2, 0) is 14.9 Å². The fourth-order valence-corrected chi connectivity index (χ4v) is 8.41. The van der Waals surface area contributed by atoms with Crippen molar-refractivity contribution in [2.24, 2.45) is 17.8 Å². The first-order valence-corrected chi connectivity index (χ1v) is 15.4. The molecule has 0 radical (unpaired) electrons. The molecule has 4 bridgehead atoms. The molecule has 0 saturated heterocycles. The number of rotatable bonds is 9. The van der Waals surface area contributed by atoms with Crippen LogP contribution in [0.1, 0.15) is 61.4 Å². The minimum absolute atomic E-state index is 0.0701. The van der Waals surface area contributed by atoms with E-state index in [0.29, 0.717) is 5.56 Å². The second-order valence-corrected chi connectivity index (χ2v) is 12.9. The number of nitrogens with one attached hydrogen (secondary N) is 1. The van der Waals surface area contributed by atoms with Crippen LogP contribution in [0.15, 0.2) is 78.9 Å². The monoisotopic (exact) mass is 577 g/mol. The van der Waals surface area contributed by atoms with Crippen LogP contribution in [0.2, 0.25) is 0 Å². The number of carbonyl (C=O) groups excluding carboxylic acids is 1. The lowest BCUT2D eigenvalue weighted by Crippen LogP contribution is -2.48. The SMILES string of the molecule is COC(C)OCOc1cc2ccc(NC(=O)c3ccccc3)c(-c3ccc(O)cc3)c2cc1C12CC3CC(CC(C3)C1)C2. The van der Waals surface area contributed by atoms with Gasteiger partial charge in [0.15, 0.2) is 13.1 Å². The van der Waals surface area contributed by atoms with E-state index in [1.807, 2.05) is 55.5 Å². The Kier molecular flexibility index (Phi) is 7.36. The molecule has 6 heteroatoms. The number of phenols is 1. The first-order chi connectivity index (χ1) is 20.9. The molecule has 1 amide bonds. The summed E-state index contributed by atoms with van der Waals surface area (Å²) in [5, 5.41) is 15.4. The topological polar surface area (TPSA) is 77.0 Å². The summed E-state index contributed by atoms with van der Waals surface area (Å²) in [7, 11) is 1.63. The van der Waals surface area contributed by atoms with E-state index in [9.17, 15) is 9.90 Å². The molecule has 4 aromatic rings. The van der Waals surface area contributed by atoms with Crippen molar-refractivity contribution in [2.45, 2.75) is 57.2 Å². The molecule has 222 valence electrons. The first-order valence-electron chi connectivity index (χ1n) is 15.4. The molecule has 4 aromatic carbocycles. The molecule has 1 atom stereocenters. The maximum Gasteiger partial charge on any atom is 0.255 e. The Morgan fingerprint density at radius 2 is 1.60 bits per heavy atom. The normalized spacial score (nSPS) is 24.7. The van der Waals surface area contributed by atoms with Gasteiger partial charge in [0.05, 0.1) is 0 Å². The Morgan fingerprint density at radius 3 is 2.26 bits per heavy atom. The van der Waals surface area contributed by atoms with E-state index in [1.165, 1.54) is 44.1 Å². The fourth-order valence-electron chi connectivity index (χ4n) is 8.41. The molecule has 4 fully saturated rings. The Labute approximate surface area is 253 Å². The van der Waals surface area contributed by atoms with Gasteiger partial charge in [0, 0.05) is 29.5 Å². The fraction of sp³-hybridized carbons (Fsp3) is 0.378. The number of ether oxygens (including phenoxy) is 3. The largest absolute Gasteiger partial charge is 0.508 e. The van der Waals surface area contributed by atoms with E-state index in [-0.39, 0.29) is 30.2 Å². The van der Waals surface area contributed by atoms with Gasteiger partial charge in [-0.15, -0.1) is 0 Å². The van der Waals surface area contributed by atoms with Crippen molar-refractivity contribution >= 4 is 22.4 Å². The van der Waals surface area contributed by atoms with Gasteiger partial charge in [0.25, 0.3) is 5.91 Å². The number of carbonyl (C=O) groups is 1. The van der Waals surface area contributed by atoms with Gasteiger partial charge < -0.3 is 24.6 Å². The van der Waals surface area contributed by atoms with E-state index in [1.54, 1.807) is 19.2 Å². The van der Waals surface area contributed by atoms with E-state index in [2.05, 4.69) is 23.5 Å². The van der Waals surface area contributed by atoms with Crippen molar-refractivity contribution in [3.8, 4) is 22.6 Å². The van der Waals surface area contributed by atoms with Crippen molar-refractivity contribution in [1.82, 2.24) is 0 Å². The van der Waals surface area contributed by atoms with Crippen molar-refractivity contribution in [3.63, 3.8) is 0 Å². The molecule has 1 unspecified atom stereocenters. The molecule has 4 aliphatic carbocycles. The van der Waals surface area contributed by atoms with Crippen molar-refractivity contribution < 1.29 is 24.1 Å². The molecular weight excluding hydrogens is 538 g/mol. The second-order valence-electron chi connectivity index (χ2n) is 12.9. The number of hydrogen-bond donors (Lipinski definition) is 2. The summed E-state index contributed by atoms with van der Waals surface area (Å²) in [6, 6.07) is 25.0. The number of anilines is 1. The summed E-state index contributed by atoms with van der Waals surface area (Å²) in [5.41, 5.74) is 4.51. The number of phenolic OH excluding ortho intramolecular Hbond substituents is 1. The summed E-state index contributed by atoms with van der Waals surface area (Å²) in [6.07, 6.45) is 7.27. The smallest absolute Gasteiger partial charge is 0.255 e. The molecular formula is C37H39NO5. The maximum atomic E-state index is 13.3. The highest BCUT2D eigenvalue weighted by molar-refractivity contribution is 6.11. The van der Waals surface area contributed by atoms with Gasteiger partial charge in [0.2, 0.25) is 0 Å². The molecule has 4 aliphatic rings. The Morgan fingerprint density at radius 1 is 0.930 bits per heavy atom. The van der Waals surface area contributed by atoms with E-state index in [4.69, 9.17) is 14.2 Å². The third-order valence-corrected chi connectivity index (χ3v) is 10.0. The van der Waals surface area contributed by atoms with Gasteiger partial charge in [-0.3, -0.25) is 4.79 Å². The highest BCUT2D eigenvalue weighted by Gasteiger charge is 2.52. The highest BCUT2D eigenvalue weighted by atomic mass is 16.7. The van der Waals surface area contributed by atoms with Crippen LogP contribution in [0, 0.1) is 17.8 Å². The number of hydrogen-bond acceptors (Lipinski definition) is 5. The summed E-state index contributed by atoms with van der Waals surface area (Å²) in [4.78, 5) is 13.3. The lowest BCUT2D eigenvalue weighted by molar-refractivity contribution is -0.150. The second kappa shape index (κ2) is 11.3. The summed E-state index contributed by atoms with van der Waals surface area (Å²) in [6.45, 7) is 1.97. The van der Waals surface area contributed by atoms with Gasteiger partial charge >= 0.3 is 0 Å². The van der Waals surface area contributed by atoms with E-state index >= 15 is 0 Å². The molecule has 0 heterocycles. The van der Waals surface area contributed by atoms with E-state index < -0.39 is 0 Å². The zero-order valence-corrected chi connectivity index (χ0v) is 24.8. The van der Waals surface area contributed by atoms with Crippen molar-refractivity contribution in [3.05, 3.63) is 90.0 Å². The molecule has 2 N–H and O–H groups in total. The van der Waals surface area contributed by atoms with Crippen LogP contribution in [-0.4, -0.2) is 31.2 Å². The number of aromatic hydroxyl groups is 1.